The molecule has 3 nitrogen and oxygen atoms in total. The zero-order valence-electron chi connectivity index (χ0n) is 11.0. The standard InChI is InChI=1S/C15H22O3/c1-9(14(17)18)11-4-6-15(3)7-5-13(16)10(2)12(15)8-11/h11-13,16H,1-2,4-8H2,3H3,(H,17,18)/t11-,12+,13+,15-/m0/s1. The summed E-state index contributed by atoms with van der Waals surface area (Å²) in [6, 6.07) is 0. The average Bonchev–Trinajstić information content (AvgIpc) is 2.33. The first-order chi connectivity index (χ1) is 8.35. The van der Waals surface area contributed by atoms with Gasteiger partial charge in [-0.05, 0) is 54.9 Å². The number of rotatable bonds is 2. The monoisotopic (exact) mass is 250 g/mol. The van der Waals surface area contributed by atoms with E-state index in [1.807, 2.05) is 0 Å². The van der Waals surface area contributed by atoms with E-state index < -0.39 is 12.1 Å². The van der Waals surface area contributed by atoms with Crippen LogP contribution in [0.1, 0.15) is 39.0 Å². The van der Waals surface area contributed by atoms with Gasteiger partial charge in [-0.1, -0.05) is 20.1 Å². The van der Waals surface area contributed by atoms with Crippen molar-refractivity contribution in [2.45, 2.75) is 45.1 Å². The first-order valence-corrected chi connectivity index (χ1v) is 6.64. The summed E-state index contributed by atoms with van der Waals surface area (Å²) in [6.07, 6.45) is 4.04. The van der Waals surface area contributed by atoms with Crippen LogP contribution < -0.4 is 0 Å². The zero-order valence-corrected chi connectivity index (χ0v) is 11.0. The Labute approximate surface area is 108 Å². The second kappa shape index (κ2) is 4.54. The lowest BCUT2D eigenvalue weighted by atomic mass is 9.55. The lowest BCUT2D eigenvalue weighted by Crippen LogP contribution is -2.43. The van der Waals surface area contributed by atoms with E-state index in [1.165, 1.54) is 0 Å². The van der Waals surface area contributed by atoms with Gasteiger partial charge in [0.1, 0.15) is 0 Å². The van der Waals surface area contributed by atoms with Crippen LogP contribution in [0.4, 0.5) is 0 Å². The van der Waals surface area contributed by atoms with Gasteiger partial charge < -0.3 is 10.2 Å². The summed E-state index contributed by atoms with van der Waals surface area (Å²) >= 11 is 0. The smallest absolute Gasteiger partial charge is 0.331 e. The molecule has 0 spiro atoms. The topological polar surface area (TPSA) is 57.5 Å². The SMILES string of the molecule is C=C(C(=O)O)[C@H]1CC[C@@]2(C)CC[C@@H](O)C(=C)[C@H]2C1. The summed E-state index contributed by atoms with van der Waals surface area (Å²) in [5.41, 5.74) is 1.39. The van der Waals surface area contributed by atoms with Crippen LogP contribution in [0.5, 0.6) is 0 Å². The first kappa shape index (κ1) is 13.3. The van der Waals surface area contributed by atoms with Crippen LogP contribution in [0.15, 0.2) is 24.3 Å². The van der Waals surface area contributed by atoms with E-state index in [-0.39, 0.29) is 17.3 Å². The Morgan fingerprint density at radius 3 is 2.61 bits per heavy atom. The van der Waals surface area contributed by atoms with Gasteiger partial charge in [-0.15, -0.1) is 0 Å². The molecule has 2 rings (SSSR count). The van der Waals surface area contributed by atoms with Crippen LogP contribution in [0, 0.1) is 17.3 Å². The van der Waals surface area contributed by atoms with Gasteiger partial charge >= 0.3 is 5.97 Å². The molecule has 2 saturated carbocycles. The summed E-state index contributed by atoms with van der Waals surface area (Å²) in [5.74, 6) is -0.635. The Kier molecular flexibility index (Phi) is 3.37. The van der Waals surface area contributed by atoms with Crippen molar-refractivity contribution in [3.05, 3.63) is 24.3 Å². The second-order valence-corrected chi connectivity index (χ2v) is 6.14. The molecule has 0 radical (unpaired) electrons. The van der Waals surface area contributed by atoms with Gasteiger partial charge in [0.2, 0.25) is 0 Å². The van der Waals surface area contributed by atoms with Gasteiger partial charge in [-0.3, -0.25) is 0 Å². The van der Waals surface area contributed by atoms with Crippen molar-refractivity contribution in [2.75, 3.05) is 0 Å². The minimum absolute atomic E-state index is 0.0302. The molecular formula is C15H22O3. The predicted octanol–water partition coefficient (Wildman–Crippen LogP) is 2.76. The maximum atomic E-state index is 11.0. The Morgan fingerprint density at radius 2 is 2.00 bits per heavy atom. The van der Waals surface area contributed by atoms with Crippen LogP contribution in [-0.2, 0) is 4.79 Å². The summed E-state index contributed by atoms with van der Waals surface area (Å²) in [5, 5.41) is 19.0. The minimum atomic E-state index is -0.898. The van der Waals surface area contributed by atoms with Gasteiger partial charge in [0, 0.05) is 5.57 Å². The van der Waals surface area contributed by atoms with Crippen molar-refractivity contribution in [1.29, 1.82) is 0 Å². The molecule has 2 fully saturated rings. The fourth-order valence-electron chi connectivity index (χ4n) is 3.64. The molecule has 0 amide bonds. The largest absolute Gasteiger partial charge is 0.478 e. The summed E-state index contributed by atoms with van der Waals surface area (Å²) < 4.78 is 0. The predicted molar refractivity (Wildman–Crippen MR) is 70.1 cm³/mol. The van der Waals surface area contributed by atoms with Gasteiger partial charge in [0.15, 0.2) is 0 Å². The number of aliphatic hydroxyl groups is 1. The number of aliphatic carboxylic acids is 1. The van der Waals surface area contributed by atoms with E-state index in [0.717, 1.165) is 37.7 Å². The number of carboxylic acid groups (broad SMARTS) is 1. The number of carbonyl (C=O) groups is 1. The molecule has 2 aliphatic carbocycles. The third-order valence-electron chi connectivity index (χ3n) is 5.06. The number of hydrogen-bond donors (Lipinski definition) is 2. The van der Waals surface area contributed by atoms with Gasteiger partial charge in [-0.2, -0.15) is 0 Å². The lowest BCUT2D eigenvalue weighted by Gasteiger charge is -2.50. The van der Waals surface area contributed by atoms with Crippen LogP contribution in [-0.4, -0.2) is 22.3 Å². The number of fused-ring (bicyclic) bond motifs is 1. The van der Waals surface area contributed by atoms with E-state index in [0.29, 0.717) is 5.57 Å². The Morgan fingerprint density at radius 1 is 1.39 bits per heavy atom. The Bertz CT molecular complexity index is 399. The van der Waals surface area contributed by atoms with Gasteiger partial charge in [0.05, 0.1) is 6.10 Å². The molecule has 0 aromatic carbocycles. The van der Waals surface area contributed by atoms with E-state index >= 15 is 0 Å². The molecule has 0 heterocycles. The zero-order chi connectivity index (χ0) is 13.5. The minimum Gasteiger partial charge on any atom is -0.478 e. The highest BCUT2D eigenvalue weighted by atomic mass is 16.4. The molecule has 18 heavy (non-hydrogen) atoms. The van der Waals surface area contributed by atoms with Crippen molar-refractivity contribution < 1.29 is 15.0 Å². The number of aliphatic hydroxyl groups excluding tert-OH is 1. The molecule has 2 aliphatic rings. The molecule has 0 unspecified atom stereocenters. The van der Waals surface area contributed by atoms with Gasteiger partial charge in [0.25, 0.3) is 0 Å². The second-order valence-electron chi connectivity index (χ2n) is 6.14. The van der Waals surface area contributed by atoms with Crippen LogP contribution in [0.2, 0.25) is 0 Å². The average molecular weight is 250 g/mol. The first-order valence-electron chi connectivity index (χ1n) is 6.64. The summed E-state index contributed by atoms with van der Waals surface area (Å²) in [4.78, 5) is 11.0. The van der Waals surface area contributed by atoms with E-state index in [2.05, 4.69) is 20.1 Å². The fourth-order valence-corrected chi connectivity index (χ4v) is 3.64. The number of carboxylic acids is 1. The fraction of sp³-hybridized carbons (Fsp3) is 0.667. The molecule has 4 atom stereocenters. The molecule has 0 bridgehead atoms. The molecule has 0 aliphatic heterocycles. The summed E-state index contributed by atoms with van der Waals surface area (Å²) in [6.45, 7) is 9.97. The highest BCUT2D eigenvalue weighted by molar-refractivity contribution is 5.86. The third kappa shape index (κ3) is 2.12. The maximum Gasteiger partial charge on any atom is 0.331 e. The van der Waals surface area contributed by atoms with Crippen molar-refractivity contribution >= 4 is 5.97 Å². The highest BCUT2D eigenvalue weighted by Crippen LogP contribution is 2.54. The quantitative estimate of drug-likeness (QED) is 0.585. The molecule has 2 N–H and O–H groups in total. The third-order valence-corrected chi connectivity index (χ3v) is 5.06. The molecule has 0 aromatic heterocycles. The molecular weight excluding hydrogens is 228 g/mol. The number of hydrogen-bond acceptors (Lipinski definition) is 2. The van der Waals surface area contributed by atoms with E-state index in [9.17, 15) is 9.90 Å². The Hall–Kier alpha value is -1.09. The molecule has 100 valence electrons. The van der Waals surface area contributed by atoms with Crippen molar-refractivity contribution in [2.24, 2.45) is 17.3 Å². The maximum absolute atomic E-state index is 11.0. The lowest BCUT2D eigenvalue weighted by molar-refractivity contribution is -0.133. The highest BCUT2D eigenvalue weighted by Gasteiger charge is 2.46. The van der Waals surface area contributed by atoms with Gasteiger partial charge in [-0.25, -0.2) is 4.79 Å². The molecule has 0 saturated heterocycles. The van der Waals surface area contributed by atoms with Crippen molar-refractivity contribution in [3.63, 3.8) is 0 Å². The normalized spacial score (nSPS) is 40.1. The van der Waals surface area contributed by atoms with Crippen LogP contribution in [0.3, 0.4) is 0 Å². The van der Waals surface area contributed by atoms with Crippen LogP contribution in [0.25, 0.3) is 0 Å². The van der Waals surface area contributed by atoms with Crippen molar-refractivity contribution in [1.82, 2.24) is 0 Å². The molecule has 3 heteroatoms. The molecule has 0 aromatic rings. The Balaban J connectivity index is 2.17. The van der Waals surface area contributed by atoms with Crippen LogP contribution >= 0.6 is 0 Å². The van der Waals surface area contributed by atoms with E-state index in [1.54, 1.807) is 0 Å². The van der Waals surface area contributed by atoms with Crippen molar-refractivity contribution in [3.8, 4) is 0 Å². The van der Waals surface area contributed by atoms with E-state index in [4.69, 9.17) is 5.11 Å². The summed E-state index contributed by atoms with van der Waals surface area (Å²) in [7, 11) is 0.